The minimum absolute atomic E-state index is 0.251. The lowest BCUT2D eigenvalue weighted by atomic mass is 10.0. The Kier molecular flexibility index (Phi) is 5.21. The van der Waals surface area contributed by atoms with Gasteiger partial charge in [-0.3, -0.25) is 15.6 Å². The predicted molar refractivity (Wildman–Crippen MR) is 116 cm³/mol. The van der Waals surface area contributed by atoms with Crippen molar-refractivity contribution in [2.75, 3.05) is 18.6 Å². The molecule has 6 nitrogen and oxygen atoms in total. The topological polar surface area (TPSA) is 72.5 Å². The Balaban J connectivity index is 1.50. The molecule has 3 aromatic carbocycles. The molecule has 0 saturated carbocycles. The number of pyridine rings is 1. The van der Waals surface area contributed by atoms with Gasteiger partial charge in [-0.15, -0.1) is 0 Å². The molecule has 0 bridgehead atoms. The molecule has 1 amide bonds. The number of anilines is 1. The predicted octanol–water partition coefficient (Wildman–Crippen LogP) is 4.85. The van der Waals surface area contributed by atoms with Crippen molar-refractivity contribution in [3.05, 3.63) is 83.7 Å². The summed E-state index contributed by atoms with van der Waals surface area (Å²) in [6, 6.07) is 15.7. The number of rotatable bonds is 4. The fraction of sp³-hybridized carbons (Fsp3) is 0.0833. The highest BCUT2D eigenvalue weighted by Gasteiger charge is 2.18. The molecular weight excluding hydrogens is 435 g/mol. The summed E-state index contributed by atoms with van der Waals surface area (Å²) < 4.78 is 51.7. The molecule has 1 aliphatic rings. The molecule has 5 rings (SSSR count). The second kappa shape index (κ2) is 8.34. The van der Waals surface area contributed by atoms with Crippen LogP contribution in [0.15, 0.2) is 60.7 Å². The fourth-order valence-electron chi connectivity index (χ4n) is 3.53. The number of fused-ring (bicyclic) bond motifs is 2. The Morgan fingerprint density at radius 2 is 1.67 bits per heavy atom. The minimum atomic E-state index is -1.63. The lowest BCUT2D eigenvalue weighted by Crippen LogP contribution is -2.30. The Morgan fingerprint density at radius 3 is 2.52 bits per heavy atom. The summed E-state index contributed by atoms with van der Waals surface area (Å²) in [4.78, 5) is 17.6. The van der Waals surface area contributed by atoms with Crippen LogP contribution in [-0.4, -0.2) is 24.1 Å². The highest BCUT2D eigenvalue weighted by Crippen LogP contribution is 2.35. The quantitative estimate of drug-likeness (QED) is 0.343. The number of nitrogens with one attached hydrogen (secondary N) is 2. The third-order valence-electron chi connectivity index (χ3n) is 5.14. The molecule has 9 heteroatoms. The second-order valence-corrected chi connectivity index (χ2v) is 7.23. The number of hydrazine groups is 1. The summed E-state index contributed by atoms with van der Waals surface area (Å²) in [5.41, 5.74) is 6.26. The van der Waals surface area contributed by atoms with Crippen LogP contribution in [0.25, 0.3) is 22.2 Å². The highest BCUT2D eigenvalue weighted by atomic mass is 19.2. The van der Waals surface area contributed by atoms with Crippen LogP contribution in [-0.2, 0) is 0 Å². The first-order valence-corrected chi connectivity index (χ1v) is 10.0. The molecule has 2 N–H and O–H groups in total. The van der Waals surface area contributed by atoms with E-state index in [-0.39, 0.29) is 5.56 Å². The molecule has 0 saturated heterocycles. The number of ether oxygens (including phenoxy) is 2. The van der Waals surface area contributed by atoms with Gasteiger partial charge in [-0.25, -0.2) is 18.2 Å². The van der Waals surface area contributed by atoms with E-state index >= 15 is 0 Å². The Labute approximate surface area is 185 Å². The molecule has 0 atom stereocenters. The van der Waals surface area contributed by atoms with Gasteiger partial charge in [-0.1, -0.05) is 18.2 Å². The van der Waals surface area contributed by atoms with Crippen LogP contribution in [0.5, 0.6) is 11.5 Å². The van der Waals surface area contributed by atoms with E-state index in [9.17, 15) is 18.0 Å². The molecular formula is C24H16F3N3O3. The Bertz CT molecular complexity index is 1390. The van der Waals surface area contributed by atoms with Crippen LogP contribution < -0.4 is 20.3 Å². The first-order chi connectivity index (χ1) is 16.0. The van der Waals surface area contributed by atoms with Crippen LogP contribution in [0.2, 0.25) is 0 Å². The van der Waals surface area contributed by atoms with Gasteiger partial charge in [-0.05, 0) is 42.5 Å². The Hall–Kier alpha value is -4.27. The lowest BCUT2D eigenvalue weighted by Gasteiger charge is -2.19. The smallest absolute Gasteiger partial charge is 0.270 e. The first-order valence-electron chi connectivity index (χ1n) is 10.0. The average molecular weight is 451 g/mol. The summed E-state index contributed by atoms with van der Waals surface area (Å²) in [5, 5.41) is 0.559. The lowest BCUT2D eigenvalue weighted by molar-refractivity contribution is 0.0964. The number of benzene rings is 3. The van der Waals surface area contributed by atoms with Crippen LogP contribution >= 0.6 is 0 Å². The number of para-hydroxylation sites is 1. The van der Waals surface area contributed by atoms with E-state index in [1.165, 1.54) is 0 Å². The number of hydrogen-bond acceptors (Lipinski definition) is 5. The molecule has 0 fully saturated rings. The van der Waals surface area contributed by atoms with Crippen molar-refractivity contribution in [2.45, 2.75) is 0 Å². The fourth-order valence-corrected chi connectivity index (χ4v) is 3.53. The first kappa shape index (κ1) is 20.6. The van der Waals surface area contributed by atoms with Crippen LogP contribution in [0, 0.1) is 17.5 Å². The number of halogens is 3. The Morgan fingerprint density at radius 1 is 0.879 bits per heavy atom. The van der Waals surface area contributed by atoms with E-state index < -0.39 is 29.0 Å². The molecule has 0 spiro atoms. The van der Waals surface area contributed by atoms with Gasteiger partial charge < -0.3 is 9.47 Å². The monoisotopic (exact) mass is 451 g/mol. The van der Waals surface area contributed by atoms with Gasteiger partial charge in [0.25, 0.3) is 5.91 Å². The third kappa shape index (κ3) is 3.89. The second-order valence-electron chi connectivity index (χ2n) is 7.23. The molecule has 166 valence electrons. The van der Waals surface area contributed by atoms with Crippen molar-refractivity contribution in [2.24, 2.45) is 0 Å². The van der Waals surface area contributed by atoms with Gasteiger partial charge in [0.1, 0.15) is 13.2 Å². The zero-order valence-electron chi connectivity index (χ0n) is 17.0. The number of amides is 1. The summed E-state index contributed by atoms with van der Waals surface area (Å²) in [7, 11) is 0. The van der Waals surface area contributed by atoms with Crippen molar-refractivity contribution in [1.82, 2.24) is 10.4 Å². The zero-order chi connectivity index (χ0) is 22.9. The maximum Gasteiger partial charge on any atom is 0.270 e. The molecule has 0 unspecified atom stereocenters. The summed E-state index contributed by atoms with van der Waals surface area (Å²) in [6.07, 6.45) is 0. The number of carbonyl (C=O) groups excluding carboxylic acids is 1. The van der Waals surface area contributed by atoms with Gasteiger partial charge in [0.15, 0.2) is 29.0 Å². The van der Waals surface area contributed by atoms with Gasteiger partial charge in [0, 0.05) is 10.9 Å². The van der Waals surface area contributed by atoms with E-state index in [0.29, 0.717) is 46.9 Å². The minimum Gasteiger partial charge on any atom is -0.486 e. The van der Waals surface area contributed by atoms with Crippen molar-refractivity contribution in [3.63, 3.8) is 0 Å². The van der Waals surface area contributed by atoms with Crippen molar-refractivity contribution >= 4 is 22.5 Å². The van der Waals surface area contributed by atoms with Gasteiger partial charge in [0.2, 0.25) is 0 Å². The average Bonchev–Trinajstić information content (AvgIpc) is 2.85. The van der Waals surface area contributed by atoms with Crippen molar-refractivity contribution in [3.8, 4) is 22.8 Å². The van der Waals surface area contributed by atoms with E-state index in [4.69, 9.17) is 9.47 Å². The maximum absolute atomic E-state index is 13.9. The van der Waals surface area contributed by atoms with E-state index in [2.05, 4.69) is 15.8 Å². The molecule has 0 aliphatic carbocycles. The van der Waals surface area contributed by atoms with Crippen molar-refractivity contribution < 1.29 is 27.4 Å². The summed E-state index contributed by atoms with van der Waals surface area (Å²) in [5.74, 6) is -3.81. The van der Waals surface area contributed by atoms with E-state index in [1.807, 2.05) is 0 Å². The molecule has 1 aliphatic heterocycles. The summed E-state index contributed by atoms with van der Waals surface area (Å²) >= 11 is 0. The SMILES string of the molecule is O=C(NNc1ccc(F)c(F)c1F)c1cc(-c2ccc3c(c2)OCCO3)nc2ccccc12. The van der Waals surface area contributed by atoms with Gasteiger partial charge in [0.05, 0.1) is 22.5 Å². The normalized spacial score (nSPS) is 12.5. The summed E-state index contributed by atoms with van der Waals surface area (Å²) in [6.45, 7) is 0.901. The molecule has 1 aromatic heterocycles. The van der Waals surface area contributed by atoms with Crippen LogP contribution in [0.4, 0.5) is 18.9 Å². The number of hydrogen-bond donors (Lipinski definition) is 2. The van der Waals surface area contributed by atoms with Gasteiger partial charge >= 0.3 is 0 Å². The largest absolute Gasteiger partial charge is 0.486 e. The molecule has 2 heterocycles. The number of carbonyl (C=O) groups is 1. The van der Waals surface area contributed by atoms with E-state index in [1.54, 1.807) is 48.5 Å². The molecule has 33 heavy (non-hydrogen) atoms. The molecule has 4 aromatic rings. The zero-order valence-corrected chi connectivity index (χ0v) is 17.0. The number of nitrogens with zero attached hydrogens (tertiary/aromatic N) is 1. The highest BCUT2D eigenvalue weighted by molar-refractivity contribution is 6.07. The third-order valence-corrected chi connectivity index (χ3v) is 5.14. The maximum atomic E-state index is 13.9. The number of aromatic nitrogens is 1. The molecule has 0 radical (unpaired) electrons. The van der Waals surface area contributed by atoms with Crippen molar-refractivity contribution in [1.29, 1.82) is 0 Å². The van der Waals surface area contributed by atoms with Gasteiger partial charge in [-0.2, -0.15) is 0 Å². The van der Waals surface area contributed by atoms with Crippen LogP contribution in [0.1, 0.15) is 10.4 Å². The van der Waals surface area contributed by atoms with Crippen LogP contribution in [0.3, 0.4) is 0 Å². The van der Waals surface area contributed by atoms with E-state index in [0.717, 1.165) is 12.1 Å². The standard InChI is InChI=1S/C24H16F3N3O3/c25-16-6-7-18(23(27)22(16)26)29-30-24(31)15-12-19(28-17-4-2-1-3-14(15)17)13-5-8-20-21(11-13)33-10-9-32-20/h1-8,11-12,29H,9-10H2,(H,30,31).